The molecule has 0 saturated carbocycles. The van der Waals surface area contributed by atoms with Crippen molar-refractivity contribution in [2.24, 2.45) is 0 Å². The molecule has 112 valence electrons. The standard InChI is InChI=1S/C16H19BrN2O2/c1-3-9-21-15-6-4-5-13(16(15)18)19-11-7-8-14(20-2)12(17)10-11/h4-8,10,19H,3,9,18H2,1-2H3. The lowest BCUT2D eigenvalue weighted by molar-refractivity contribution is 0.319. The van der Waals surface area contributed by atoms with Gasteiger partial charge in [0.1, 0.15) is 11.5 Å². The van der Waals surface area contributed by atoms with Crippen molar-refractivity contribution in [2.75, 3.05) is 24.8 Å². The first-order chi connectivity index (χ1) is 10.2. The van der Waals surface area contributed by atoms with E-state index in [2.05, 4.69) is 28.2 Å². The maximum atomic E-state index is 6.14. The van der Waals surface area contributed by atoms with E-state index in [1.54, 1.807) is 7.11 Å². The quantitative estimate of drug-likeness (QED) is 0.749. The molecule has 2 rings (SSSR count). The summed E-state index contributed by atoms with van der Waals surface area (Å²) in [6.45, 7) is 2.72. The molecule has 3 N–H and O–H groups in total. The zero-order chi connectivity index (χ0) is 15.2. The van der Waals surface area contributed by atoms with Gasteiger partial charge in [0.05, 0.1) is 29.6 Å². The summed E-state index contributed by atoms with van der Waals surface area (Å²) in [5, 5.41) is 3.29. The third-order valence-corrected chi connectivity index (χ3v) is 3.58. The summed E-state index contributed by atoms with van der Waals surface area (Å²) >= 11 is 3.47. The van der Waals surface area contributed by atoms with Crippen LogP contribution in [0.15, 0.2) is 40.9 Å². The summed E-state index contributed by atoms with van der Waals surface area (Å²) in [5.74, 6) is 1.49. The third-order valence-electron chi connectivity index (χ3n) is 2.96. The van der Waals surface area contributed by atoms with E-state index < -0.39 is 0 Å². The van der Waals surface area contributed by atoms with Crippen LogP contribution in [0.3, 0.4) is 0 Å². The van der Waals surface area contributed by atoms with Crippen molar-refractivity contribution < 1.29 is 9.47 Å². The Morgan fingerprint density at radius 1 is 1.19 bits per heavy atom. The summed E-state index contributed by atoms with van der Waals surface area (Å²) in [4.78, 5) is 0. The topological polar surface area (TPSA) is 56.5 Å². The molecule has 0 unspecified atom stereocenters. The number of para-hydroxylation sites is 1. The number of halogens is 1. The molecule has 0 aliphatic carbocycles. The van der Waals surface area contributed by atoms with Crippen molar-refractivity contribution in [3.8, 4) is 11.5 Å². The monoisotopic (exact) mass is 350 g/mol. The lowest BCUT2D eigenvalue weighted by Gasteiger charge is -2.14. The molecule has 0 spiro atoms. The van der Waals surface area contributed by atoms with Gasteiger partial charge in [0.25, 0.3) is 0 Å². The minimum atomic E-state index is 0.609. The first-order valence-corrected chi connectivity index (χ1v) is 7.56. The molecule has 2 aromatic carbocycles. The van der Waals surface area contributed by atoms with Gasteiger partial charge in [0.2, 0.25) is 0 Å². The van der Waals surface area contributed by atoms with Crippen molar-refractivity contribution in [3.63, 3.8) is 0 Å². The minimum absolute atomic E-state index is 0.609. The van der Waals surface area contributed by atoms with E-state index in [0.717, 1.165) is 28.0 Å². The second-order valence-electron chi connectivity index (χ2n) is 4.54. The lowest BCUT2D eigenvalue weighted by atomic mass is 10.2. The van der Waals surface area contributed by atoms with Crippen LogP contribution in [0.25, 0.3) is 0 Å². The highest BCUT2D eigenvalue weighted by Gasteiger charge is 2.07. The molecule has 4 nitrogen and oxygen atoms in total. The van der Waals surface area contributed by atoms with E-state index in [0.29, 0.717) is 18.0 Å². The van der Waals surface area contributed by atoms with E-state index in [9.17, 15) is 0 Å². The van der Waals surface area contributed by atoms with Crippen LogP contribution in [0, 0.1) is 0 Å². The number of nitrogens with one attached hydrogen (secondary N) is 1. The van der Waals surface area contributed by atoms with Crippen molar-refractivity contribution >= 4 is 33.0 Å². The Hall–Kier alpha value is -1.88. The Balaban J connectivity index is 2.21. The van der Waals surface area contributed by atoms with Gasteiger partial charge in [0, 0.05) is 5.69 Å². The molecule has 2 aromatic rings. The third kappa shape index (κ3) is 3.82. The average Bonchev–Trinajstić information content (AvgIpc) is 2.48. The largest absolute Gasteiger partial charge is 0.496 e. The minimum Gasteiger partial charge on any atom is -0.496 e. The summed E-state index contributed by atoms with van der Waals surface area (Å²) in [7, 11) is 1.64. The number of anilines is 3. The predicted octanol–water partition coefficient (Wildman–Crippen LogP) is 4.57. The maximum Gasteiger partial charge on any atom is 0.144 e. The number of hydrogen-bond acceptors (Lipinski definition) is 4. The smallest absolute Gasteiger partial charge is 0.144 e. The summed E-state index contributed by atoms with van der Waals surface area (Å²) in [6.07, 6.45) is 0.947. The molecule has 0 atom stereocenters. The van der Waals surface area contributed by atoms with E-state index in [1.807, 2.05) is 36.4 Å². The molecule has 0 aliphatic heterocycles. The van der Waals surface area contributed by atoms with E-state index in [-0.39, 0.29) is 0 Å². The highest BCUT2D eigenvalue weighted by atomic mass is 79.9. The van der Waals surface area contributed by atoms with Crippen molar-refractivity contribution in [1.29, 1.82) is 0 Å². The molecular formula is C16H19BrN2O2. The number of nitrogen functional groups attached to an aromatic ring is 1. The number of rotatable bonds is 6. The second-order valence-corrected chi connectivity index (χ2v) is 5.39. The molecule has 5 heteroatoms. The molecule has 0 bridgehead atoms. The van der Waals surface area contributed by atoms with Crippen LogP contribution in [0.5, 0.6) is 11.5 Å². The first-order valence-electron chi connectivity index (χ1n) is 6.77. The van der Waals surface area contributed by atoms with Crippen LogP contribution in [0.4, 0.5) is 17.1 Å². The predicted molar refractivity (Wildman–Crippen MR) is 90.6 cm³/mol. The van der Waals surface area contributed by atoms with Gasteiger partial charge in [-0.3, -0.25) is 0 Å². The first kappa shape index (κ1) is 15.5. The lowest BCUT2D eigenvalue weighted by Crippen LogP contribution is -2.02. The molecule has 0 aromatic heterocycles. The van der Waals surface area contributed by atoms with Crippen LogP contribution in [0.1, 0.15) is 13.3 Å². The number of nitrogens with two attached hydrogens (primary N) is 1. The summed E-state index contributed by atoms with van der Waals surface area (Å²) < 4.78 is 11.7. The van der Waals surface area contributed by atoms with Gasteiger partial charge < -0.3 is 20.5 Å². The number of methoxy groups -OCH3 is 1. The van der Waals surface area contributed by atoms with Crippen molar-refractivity contribution in [2.45, 2.75) is 13.3 Å². The fourth-order valence-electron chi connectivity index (χ4n) is 1.89. The number of hydrogen-bond donors (Lipinski definition) is 2. The fraction of sp³-hybridized carbons (Fsp3) is 0.250. The number of ether oxygens (including phenoxy) is 2. The Kier molecular flexibility index (Phi) is 5.33. The normalized spacial score (nSPS) is 10.2. The summed E-state index contributed by atoms with van der Waals surface area (Å²) in [6, 6.07) is 11.5. The van der Waals surface area contributed by atoms with Crippen LogP contribution in [-0.2, 0) is 0 Å². The van der Waals surface area contributed by atoms with E-state index in [1.165, 1.54) is 0 Å². The van der Waals surface area contributed by atoms with Crippen LogP contribution in [0.2, 0.25) is 0 Å². The van der Waals surface area contributed by atoms with Gasteiger partial charge in [-0.15, -0.1) is 0 Å². The van der Waals surface area contributed by atoms with Crippen LogP contribution < -0.4 is 20.5 Å². The van der Waals surface area contributed by atoms with Gasteiger partial charge in [-0.1, -0.05) is 13.0 Å². The number of benzene rings is 2. The molecular weight excluding hydrogens is 332 g/mol. The molecule has 0 amide bonds. The van der Waals surface area contributed by atoms with Crippen LogP contribution >= 0.6 is 15.9 Å². The summed E-state index contributed by atoms with van der Waals surface area (Å²) in [5.41, 5.74) is 8.49. The highest BCUT2D eigenvalue weighted by molar-refractivity contribution is 9.10. The van der Waals surface area contributed by atoms with E-state index >= 15 is 0 Å². The van der Waals surface area contributed by atoms with Crippen molar-refractivity contribution in [3.05, 3.63) is 40.9 Å². The Labute approximate surface area is 133 Å². The Morgan fingerprint density at radius 3 is 2.67 bits per heavy atom. The molecule has 0 saturated heterocycles. The molecule has 0 fully saturated rings. The van der Waals surface area contributed by atoms with Gasteiger partial charge >= 0.3 is 0 Å². The zero-order valence-electron chi connectivity index (χ0n) is 12.2. The Morgan fingerprint density at radius 2 is 2.00 bits per heavy atom. The molecule has 21 heavy (non-hydrogen) atoms. The van der Waals surface area contributed by atoms with Gasteiger partial charge in [-0.25, -0.2) is 0 Å². The average molecular weight is 351 g/mol. The maximum absolute atomic E-state index is 6.14. The fourth-order valence-corrected chi connectivity index (χ4v) is 2.43. The van der Waals surface area contributed by atoms with Gasteiger partial charge in [0.15, 0.2) is 0 Å². The zero-order valence-corrected chi connectivity index (χ0v) is 13.7. The van der Waals surface area contributed by atoms with Crippen molar-refractivity contribution in [1.82, 2.24) is 0 Å². The molecule has 0 heterocycles. The van der Waals surface area contributed by atoms with Crippen LogP contribution in [-0.4, -0.2) is 13.7 Å². The molecule has 0 radical (unpaired) electrons. The SMILES string of the molecule is CCCOc1cccc(Nc2ccc(OC)c(Br)c2)c1N. The molecule has 0 aliphatic rings. The van der Waals surface area contributed by atoms with E-state index in [4.69, 9.17) is 15.2 Å². The van der Waals surface area contributed by atoms with Gasteiger partial charge in [-0.2, -0.15) is 0 Å². The van der Waals surface area contributed by atoms with Gasteiger partial charge in [-0.05, 0) is 52.7 Å². The highest BCUT2D eigenvalue weighted by Crippen LogP contribution is 2.34. The Bertz CT molecular complexity index is 617. The second kappa shape index (κ2) is 7.22.